The van der Waals surface area contributed by atoms with Crippen LogP contribution in [0.1, 0.15) is 38.3 Å². The van der Waals surface area contributed by atoms with Gasteiger partial charge in [0.1, 0.15) is 12.4 Å². The predicted molar refractivity (Wildman–Crippen MR) is 105 cm³/mol. The van der Waals surface area contributed by atoms with Crippen molar-refractivity contribution in [2.45, 2.75) is 40.3 Å². The van der Waals surface area contributed by atoms with Gasteiger partial charge in [-0.15, -0.1) is 0 Å². The monoisotopic (exact) mass is 379 g/mol. The van der Waals surface area contributed by atoms with E-state index in [-0.39, 0.29) is 12.4 Å². The third-order valence-corrected chi connectivity index (χ3v) is 4.32. The number of nitrogens with one attached hydrogen (secondary N) is 1. The van der Waals surface area contributed by atoms with Crippen molar-refractivity contribution in [2.24, 2.45) is 5.92 Å². The van der Waals surface area contributed by atoms with Gasteiger partial charge in [0.05, 0.1) is 6.61 Å². The van der Waals surface area contributed by atoms with Crippen LogP contribution in [0.3, 0.4) is 0 Å². The summed E-state index contributed by atoms with van der Waals surface area (Å²) in [4.78, 5) is 0. The Balaban J connectivity index is 2.08. The minimum atomic E-state index is -0.289. The smallest absolute Gasteiger partial charge is 0.163 e. The first-order valence-electron chi connectivity index (χ1n) is 9.03. The van der Waals surface area contributed by atoms with Crippen LogP contribution in [0, 0.1) is 11.7 Å². The molecule has 3 nitrogen and oxygen atoms in total. The van der Waals surface area contributed by atoms with E-state index in [1.54, 1.807) is 24.3 Å². The summed E-state index contributed by atoms with van der Waals surface area (Å²) in [6.45, 7) is 8.54. The van der Waals surface area contributed by atoms with Gasteiger partial charge >= 0.3 is 0 Å². The zero-order chi connectivity index (χ0) is 18.9. The molecule has 2 rings (SSSR count). The number of benzene rings is 2. The standard InChI is InChI=1S/C21H27ClFNO2/c1-4-25-20-11-17(13-24-10-9-15(2)3)18(22)12-21(20)26-14-16-7-5-6-8-19(16)23/h5-8,11-12,15,24H,4,9-10,13-14H2,1-3H3. The zero-order valence-corrected chi connectivity index (χ0v) is 16.4. The van der Waals surface area contributed by atoms with Gasteiger partial charge in [-0.25, -0.2) is 4.39 Å². The second-order valence-electron chi connectivity index (χ2n) is 6.56. The highest BCUT2D eigenvalue weighted by Gasteiger charge is 2.12. The molecule has 0 aliphatic rings. The topological polar surface area (TPSA) is 30.5 Å². The molecule has 0 unspecified atom stereocenters. The predicted octanol–water partition coefficient (Wildman–Crippen LogP) is 5.59. The van der Waals surface area contributed by atoms with Gasteiger partial charge in [0, 0.05) is 23.2 Å². The Morgan fingerprint density at radius 1 is 1.08 bits per heavy atom. The Bertz CT molecular complexity index is 706. The molecule has 0 aromatic heterocycles. The summed E-state index contributed by atoms with van der Waals surface area (Å²) >= 11 is 6.41. The van der Waals surface area contributed by atoms with Crippen LogP contribution in [0.5, 0.6) is 11.5 Å². The SMILES string of the molecule is CCOc1cc(CNCCC(C)C)c(Cl)cc1OCc1ccccc1F. The van der Waals surface area contributed by atoms with Gasteiger partial charge in [-0.05, 0) is 43.5 Å². The van der Waals surface area contributed by atoms with Crippen LogP contribution < -0.4 is 14.8 Å². The van der Waals surface area contributed by atoms with E-state index in [4.69, 9.17) is 21.1 Å². The van der Waals surface area contributed by atoms with Gasteiger partial charge in [-0.3, -0.25) is 0 Å². The third kappa shape index (κ3) is 6.19. The average molecular weight is 380 g/mol. The Morgan fingerprint density at radius 2 is 1.81 bits per heavy atom. The van der Waals surface area contributed by atoms with Gasteiger partial charge < -0.3 is 14.8 Å². The van der Waals surface area contributed by atoms with E-state index in [0.717, 1.165) is 18.5 Å². The summed E-state index contributed by atoms with van der Waals surface area (Å²) in [5.41, 5.74) is 1.45. The molecule has 5 heteroatoms. The molecule has 0 aliphatic heterocycles. The van der Waals surface area contributed by atoms with Crippen LogP contribution in [0.15, 0.2) is 36.4 Å². The maximum atomic E-state index is 13.8. The highest BCUT2D eigenvalue weighted by molar-refractivity contribution is 6.31. The van der Waals surface area contributed by atoms with Crippen molar-refractivity contribution in [1.29, 1.82) is 0 Å². The van der Waals surface area contributed by atoms with E-state index in [9.17, 15) is 4.39 Å². The van der Waals surface area contributed by atoms with Crippen molar-refractivity contribution in [1.82, 2.24) is 5.32 Å². The van der Waals surface area contributed by atoms with Crippen LogP contribution in [-0.2, 0) is 13.2 Å². The molecule has 0 radical (unpaired) electrons. The fourth-order valence-corrected chi connectivity index (χ4v) is 2.70. The Hall–Kier alpha value is -1.78. The normalized spacial score (nSPS) is 11.0. The molecule has 142 valence electrons. The molecule has 0 fully saturated rings. The summed E-state index contributed by atoms with van der Waals surface area (Å²) in [6, 6.07) is 10.2. The van der Waals surface area contributed by atoms with E-state index in [1.807, 2.05) is 13.0 Å². The molecule has 2 aromatic rings. The zero-order valence-electron chi connectivity index (χ0n) is 15.6. The Kier molecular flexibility index (Phi) is 8.20. The van der Waals surface area contributed by atoms with E-state index >= 15 is 0 Å². The average Bonchev–Trinajstić information content (AvgIpc) is 2.60. The minimum absolute atomic E-state index is 0.120. The molecule has 2 aromatic carbocycles. The fourth-order valence-electron chi connectivity index (χ4n) is 2.48. The van der Waals surface area contributed by atoms with Crippen molar-refractivity contribution >= 4 is 11.6 Å². The summed E-state index contributed by atoms with van der Waals surface area (Å²) in [5.74, 6) is 1.51. The van der Waals surface area contributed by atoms with Crippen LogP contribution in [0.25, 0.3) is 0 Å². The maximum Gasteiger partial charge on any atom is 0.163 e. The second kappa shape index (κ2) is 10.4. The highest BCUT2D eigenvalue weighted by Crippen LogP contribution is 2.34. The number of halogens is 2. The van der Waals surface area contributed by atoms with E-state index in [1.165, 1.54) is 6.07 Å². The van der Waals surface area contributed by atoms with Crippen molar-refractivity contribution in [2.75, 3.05) is 13.2 Å². The van der Waals surface area contributed by atoms with E-state index < -0.39 is 0 Å². The molecule has 0 saturated carbocycles. The molecule has 0 saturated heterocycles. The Labute approximate surface area is 160 Å². The molecule has 1 N–H and O–H groups in total. The molecule has 0 heterocycles. The second-order valence-corrected chi connectivity index (χ2v) is 6.97. The van der Waals surface area contributed by atoms with Crippen molar-refractivity contribution < 1.29 is 13.9 Å². The van der Waals surface area contributed by atoms with Gasteiger partial charge in [-0.1, -0.05) is 43.6 Å². The minimum Gasteiger partial charge on any atom is -0.490 e. The lowest BCUT2D eigenvalue weighted by Crippen LogP contribution is -2.16. The molecular weight excluding hydrogens is 353 g/mol. The van der Waals surface area contributed by atoms with Crippen LogP contribution in [0.2, 0.25) is 5.02 Å². The summed E-state index contributed by atoms with van der Waals surface area (Å²) < 4.78 is 25.2. The first-order chi connectivity index (χ1) is 12.5. The van der Waals surface area contributed by atoms with E-state index in [2.05, 4.69) is 19.2 Å². The van der Waals surface area contributed by atoms with Crippen molar-refractivity contribution in [3.63, 3.8) is 0 Å². The lowest BCUT2D eigenvalue weighted by molar-refractivity contribution is 0.265. The lowest BCUT2D eigenvalue weighted by Gasteiger charge is -2.16. The lowest BCUT2D eigenvalue weighted by atomic mass is 10.1. The fraction of sp³-hybridized carbons (Fsp3) is 0.429. The van der Waals surface area contributed by atoms with Gasteiger partial charge in [0.15, 0.2) is 11.5 Å². The molecule has 0 bridgehead atoms. The van der Waals surface area contributed by atoms with Gasteiger partial charge in [-0.2, -0.15) is 0 Å². The quantitative estimate of drug-likeness (QED) is 0.545. The van der Waals surface area contributed by atoms with E-state index in [0.29, 0.717) is 41.2 Å². The van der Waals surface area contributed by atoms with Gasteiger partial charge in [0.25, 0.3) is 0 Å². The number of rotatable bonds is 10. The van der Waals surface area contributed by atoms with Crippen molar-refractivity contribution in [3.8, 4) is 11.5 Å². The molecule has 0 aliphatic carbocycles. The summed E-state index contributed by atoms with van der Waals surface area (Å²) in [7, 11) is 0. The molecular formula is C21H27ClFNO2. The number of hydrogen-bond donors (Lipinski definition) is 1. The number of hydrogen-bond acceptors (Lipinski definition) is 3. The van der Waals surface area contributed by atoms with Crippen LogP contribution in [-0.4, -0.2) is 13.2 Å². The summed E-state index contributed by atoms with van der Waals surface area (Å²) in [6.07, 6.45) is 1.11. The summed E-state index contributed by atoms with van der Waals surface area (Å²) in [5, 5.41) is 4.00. The maximum absolute atomic E-state index is 13.8. The first kappa shape index (κ1) is 20.5. The molecule has 0 amide bonds. The first-order valence-corrected chi connectivity index (χ1v) is 9.41. The third-order valence-electron chi connectivity index (χ3n) is 3.97. The number of ether oxygens (including phenoxy) is 2. The van der Waals surface area contributed by atoms with Crippen LogP contribution in [0.4, 0.5) is 4.39 Å². The van der Waals surface area contributed by atoms with Crippen LogP contribution >= 0.6 is 11.6 Å². The molecule has 0 spiro atoms. The van der Waals surface area contributed by atoms with Gasteiger partial charge in [0.2, 0.25) is 0 Å². The largest absolute Gasteiger partial charge is 0.490 e. The Morgan fingerprint density at radius 3 is 2.50 bits per heavy atom. The highest BCUT2D eigenvalue weighted by atomic mass is 35.5. The molecule has 0 atom stereocenters. The molecule has 26 heavy (non-hydrogen) atoms. The van der Waals surface area contributed by atoms with Crippen molar-refractivity contribution in [3.05, 3.63) is 58.4 Å².